The van der Waals surface area contributed by atoms with Crippen LogP contribution >= 0.6 is 0 Å². The number of nitrogens with zero attached hydrogens (tertiary/aromatic N) is 3. The fraction of sp³-hybridized carbons (Fsp3) is 0.125. The number of rotatable bonds is 0. The van der Waals surface area contributed by atoms with E-state index in [0.29, 0.717) is 0 Å². The zero-order chi connectivity index (χ0) is 8.67. The third-order valence-electron chi connectivity index (χ3n) is 2.12. The highest BCUT2D eigenvalue weighted by Gasteiger charge is 2.18. The van der Waals surface area contributed by atoms with Gasteiger partial charge in [-0.25, -0.2) is 15.0 Å². The monoisotopic (exact) mass is 173 g/mol. The number of nitrogens with one attached hydrogen (secondary N) is 2. The highest BCUT2D eigenvalue weighted by molar-refractivity contribution is 5.75. The normalized spacial score (nSPS) is 12.9. The van der Waals surface area contributed by atoms with Crippen molar-refractivity contribution in [1.29, 1.82) is 0 Å². The zero-order valence-electron chi connectivity index (χ0n) is 6.78. The van der Waals surface area contributed by atoms with E-state index >= 15 is 0 Å². The van der Waals surface area contributed by atoms with Crippen LogP contribution in [0.4, 0.5) is 5.82 Å². The van der Waals surface area contributed by atoms with Crippen LogP contribution in [0, 0.1) is 0 Å². The summed E-state index contributed by atoms with van der Waals surface area (Å²) in [6.45, 7) is 0.749. The minimum Gasteiger partial charge on any atom is -0.364 e. The molecular weight excluding hydrogens is 166 g/mol. The quantitative estimate of drug-likeness (QED) is 0.618. The van der Waals surface area contributed by atoms with E-state index in [0.717, 1.165) is 29.3 Å². The minimum atomic E-state index is 0.749. The van der Waals surface area contributed by atoms with Crippen LogP contribution in [0.5, 0.6) is 0 Å². The molecule has 0 saturated heterocycles. The largest absolute Gasteiger partial charge is 0.364 e. The summed E-state index contributed by atoms with van der Waals surface area (Å²) < 4.78 is 0. The molecule has 0 amide bonds. The van der Waals surface area contributed by atoms with E-state index in [9.17, 15) is 0 Å². The van der Waals surface area contributed by atoms with Crippen molar-refractivity contribution in [2.24, 2.45) is 0 Å². The van der Waals surface area contributed by atoms with Gasteiger partial charge < -0.3 is 10.3 Å². The highest BCUT2D eigenvalue weighted by atomic mass is 15.1. The average Bonchev–Trinajstić information content (AvgIpc) is 2.65. The fourth-order valence-electron chi connectivity index (χ4n) is 1.50. The number of imidazole rings is 1. The van der Waals surface area contributed by atoms with E-state index < -0.39 is 0 Å². The van der Waals surface area contributed by atoms with Crippen molar-refractivity contribution in [2.45, 2.75) is 6.54 Å². The summed E-state index contributed by atoms with van der Waals surface area (Å²) in [6.07, 6.45) is 4.99. The Kier molecular flexibility index (Phi) is 1.16. The molecule has 5 nitrogen and oxygen atoms in total. The Morgan fingerprint density at radius 1 is 1.31 bits per heavy atom. The van der Waals surface area contributed by atoms with Gasteiger partial charge in [-0.2, -0.15) is 0 Å². The van der Waals surface area contributed by atoms with Gasteiger partial charge in [0.05, 0.1) is 29.8 Å². The Morgan fingerprint density at radius 3 is 3.31 bits per heavy atom. The van der Waals surface area contributed by atoms with Gasteiger partial charge in [-0.1, -0.05) is 0 Å². The lowest BCUT2D eigenvalue weighted by Crippen LogP contribution is -2.10. The van der Waals surface area contributed by atoms with Gasteiger partial charge in [0.25, 0.3) is 0 Å². The number of aromatic amines is 1. The van der Waals surface area contributed by atoms with Gasteiger partial charge in [-0.3, -0.25) is 0 Å². The maximum absolute atomic E-state index is 4.22. The molecule has 64 valence electrons. The van der Waals surface area contributed by atoms with E-state index in [4.69, 9.17) is 0 Å². The number of hydrogen-bond acceptors (Lipinski definition) is 4. The van der Waals surface area contributed by atoms with Gasteiger partial charge in [-0.15, -0.1) is 0 Å². The van der Waals surface area contributed by atoms with Gasteiger partial charge in [0.1, 0.15) is 12.1 Å². The smallest absolute Gasteiger partial charge is 0.139 e. The van der Waals surface area contributed by atoms with Gasteiger partial charge in [0, 0.05) is 6.20 Å². The van der Waals surface area contributed by atoms with E-state index in [1.807, 2.05) is 0 Å². The van der Waals surface area contributed by atoms with Gasteiger partial charge in [-0.05, 0) is 0 Å². The summed E-state index contributed by atoms with van der Waals surface area (Å²) >= 11 is 0. The first kappa shape index (κ1) is 6.59. The molecule has 0 aliphatic carbocycles. The zero-order valence-corrected chi connectivity index (χ0v) is 6.78. The van der Waals surface area contributed by atoms with E-state index in [1.165, 1.54) is 6.33 Å². The molecule has 2 aromatic rings. The lowest BCUT2D eigenvalue weighted by molar-refractivity contribution is 1.02. The average molecular weight is 173 g/mol. The Hall–Kier alpha value is -1.91. The van der Waals surface area contributed by atoms with Crippen LogP contribution in [0.1, 0.15) is 5.69 Å². The molecule has 0 bridgehead atoms. The molecule has 0 radical (unpaired) electrons. The molecule has 2 aromatic heterocycles. The second-order valence-corrected chi connectivity index (χ2v) is 2.87. The van der Waals surface area contributed by atoms with Crippen LogP contribution in [0.2, 0.25) is 0 Å². The van der Waals surface area contributed by atoms with Crippen LogP contribution < -0.4 is 5.32 Å². The maximum Gasteiger partial charge on any atom is 0.139 e. The Morgan fingerprint density at radius 2 is 2.31 bits per heavy atom. The van der Waals surface area contributed by atoms with Crippen LogP contribution in [-0.4, -0.2) is 19.9 Å². The van der Waals surface area contributed by atoms with E-state index in [1.54, 1.807) is 12.5 Å². The SMILES string of the molecule is c1ncc2c(n1)NCc1[nH]cnc1-2. The Bertz CT molecular complexity index is 447. The number of H-pyrrole nitrogens is 1. The molecule has 0 aromatic carbocycles. The molecule has 0 saturated carbocycles. The number of hydrogen-bond donors (Lipinski definition) is 2. The van der Waals surface area contributed by atoms with Crippen LogP contribution in [-0.2, 0) is 6.54 Å². The standard InChI is InChI=1S/C8H7N5/c1-5-7-6(11-4-12-7)2-10-8(5)13-3-9-1/h1,3-4H,2H2,(H,11,12)(H,9,10,13). The first-order chi connectivity index (χ1) is 6.45. The molecule has 1 aliphatic rings. The second kappa shape index (κ2) is 2.29. The molecule has 2 N–H and O–H groups in total. The number of fused-ring (bicyclic) bond motifs is 3. The van der Waals surface area contributed by atoms with Crippen molar-refractivity contribution in [3.63, 3.8) is 0 Å². The summed E-state index contributed by atoms with van der Waals surface area (Å²) in [6, 6.07) is 0. The van der Waals surface area contributed by atoms with Gasteiger partial charge in [0.15, 0.2) is 0 Å². The van der Waals surface area contributed by atoms with E-state index in [2.05, 4.69) is 25.3 Å². The summed E-state index contributed by atoms with van der Waals surface area (Å²) in [7, 11) is 0. The van der Waals surface area contributed by atoms with Crippen LogP contribution in [0.3, 0.4) is 0 Å². The topological polar surface area (TPSA) is 66.5 Å². The minimum absolute atomic E-state index is 0.749. The molecule has 1 aliphatic heterocycles. The van der Waals surface area contributed by atoms with Crippen molar-refractivity contribution >= 4 is 5.82 Å². The van der Waals surface area contributed by atoms with Crippen molar-refractivity contribution < 1.29 is 0 Å². The summed E-state index contributed by atoms with van der Waals surface area (Å²) in [4.78, 5) is 15.4. The molecule has 0 spiro atoms. The van der Waals surface area contributed by atoms with Gasteiger partial charge >= 0.3 is 0 Å². The summed E-state index contributed by atoms with van der Waals surface area (Å²) in [5.74, 6) is 0.856. The van der Waals surface area contributed by atoms with Crippen LogP contribution in [0.15, 0.2) is 18.9 Å². The lowest BCUT2D eigenvalue weighted by Gasteiger charge is -2.14. The maximum atomic E-state index is 4.22. The predicted octanol–water partition coefficient (Wildman–Crippen LogP) is 0.792. The Balaban J connectivity index is 2.30. The molecule has 0 unspecified atom stereocenters. The third kappa shape index (κ3) is 0.837. The highest BCUT2D eigenvalue weighted by Crippen LogP contribution is 2.30. The number of anilines is 1. The molecule has 5 heteroatoms. The van der Waals surface area contributed by atoms with Crippen molar-refractivity contribution in [3.8, 4) is 11.3 Å². The second-order valence-electron chi connectivity index (χ2n) is 2.87. The van der Waals surface area contributed by atoms with Crippen molar-refractivity contribution in [2.75, 3.05) is 5.32 Å². The molecule has 13 heavy (non-hydrogen) atoms. The van der Waals surface area contributed by atoms with Crippen molar-refractivity contribution in [3.05, 3.63) is 24.5 Å². The van der Waals surface area contributed by atoms with Crippen molar-refractivity contribution in [1.82, 2.24) is 19.9 Å². The molecule has 0 fully saturated rings. The van der Waals surface area contributed by atoms with Crippen LogP contribution in [0.25, 0.3) is 11.3 Å². The summed E-state index contributed by atoms with van der Waals surface area (Å²) in [5.41, 5.74) is 3.00. The lowest BCUT2D eigenvalue weighted by atomic mass is 10.1. The molecule has 3 rings (SSSR count). The van der Waals surface area contributed by atoms with E-state index in [-0.39, 0.29) is 0 Å². The summed E-state index contributed by atoms with van der Waals surface area (Å²) in [5, 5.41) is 3.18. The predicted molar refractivity (Wildman–Crippen MR) is 46.9 cm³/mol. The fourth-order valence-corrected chi connectivity index (χ4v) is 1.50. The first-order valence-electron chi connectivity index (χ1n) is 4.01. The molecular formula is C8H7N5. The number of aromatic nitrogens is 4. The third-order valence-corrected chi connectivity index (χ3v) is 2.12. The molecule has 0 atom stereocenters. The van der Waals surface area contributed by atoms with Gasteiger partial charge in [0.2, 0.25) is 0 Å². The first-order valence-corrected chi connectivity index (χ1v) is 4.01. The molecule has 3 heterocycles. The Labute approximate surface area is 74.3 Å².